The standard InChI is InChI=1S/C11H15ClN2O4S2/c1-7-4-9(5-10(13)11(7)12)20(17,18)14-8-2-3-19(15,16)6-8/h4-5,8,14H,2-3,6,13H2,1H3. The third kappa shape index (κ3) is 3.25. The van der Waals surface area contributed by atoms with Gasteiger partial charge in [-0.05, 0) is 31.0 Å². The molecule has 1 heterocycles. The third-order valence-corrected chi connectivity index (χ3v) is 6.90. The quantitative estimate of drug-likeness (QED) is 0.789. The van der Waals surface area contributed by atoms with Gasteiger partial charge in [0.05, 0.1) is 27.1 Å². The van der Waals surface area contributed by atoms with Gasteiger partial charge < -0.3 is 5.73 Å². The minimum absolute atomic E-state index is 0.00196. The Morgan fingerprint density at radius 2 is 2.05 bits per heavy atom. The van der Waals surface area contributed by atoms with E-state index in [0.717, 1.165) is 0 Å². The molecular weight excluding hydrogens is 324 g/mol. The summed E-state index contributed by atoms with van der Waals surface area (Å²) in [5.74, 6) is -0.170. The molecule has 0 bridgehead atoms. The number of aryl methyl sites for hydroxylation is 1. The molecule has 1 aromatic carbocycles. The highest BCUT2D eigenvalue weighted by molar-refractivity contribution is 7.92. The molecule has 2 rings (SSSR count). The summed E-state index contributed by atoms with van der Waals surface area (Å²) in [5.41, 5.74) is 6.37. The largest absolute Gasteiger partial charge is 0.397 e. The van der Waals surface area contributed by atoms with Crippen LogP contribution in [0.2, 0.25) is 5.02 Å². The first-order valence-corrected chi connectivity index (χ1v) is 9.57. The van der Waals surface area contributed by atoms with Gasteiger partial charge in [0.2, 0.25) is 10.0 Å². The van der Waals surface area contributed by atoms with Gasteiger partial charge in [-0.1, -0.05) is 11.6 Å². The number of nitrogens with one attached hydrogen (secondary N) is 1. The number of rotatable bonds is 3. The van der Waals surface area contributed by atoms with Crippen LogP contribution in [0.3, 0.4) is 0 Å². The maximum Gasteiger partial charge on any atom is 0.240 e. The molecule has 1 aliphatic rings. The number of anilines is 1. The number of hydrogen-bond acceptors (Lipinski definition) is 5. The highest BCUT2D eigenvalue weighted by Gasteiger charge is 2.31. The summed E-state index contributed by atoms with van der Waals surface area (Å²) in [4.78, 5) is -0.0128. The van der Waals surface area contributed by atoms with E-state index in [0.29, 0.717) is 10.6 Å². The zero-order valence-electron chi connectivity index (χ0n) is 10.8. The molecule has 9 heteroatoms. The number of sulfonamides is 1. The minimum atomic E-state index is -3.81. The minimum Gasteiger partial charge on any atom is -0.397 e. The molecule has 0 aromatic heterocycles. The fourth-order valence-corrected chi connectivity index (χ4v) is 5.37. The number of sulfone groups is 1. The zero-order valence-corrected chi connectivity index (χ0v) is 13.1. The Balaban J connectivity index is 2.28. The maximum atomic E-state index is 12.2. The van der Waals surface area contributed by atoms with E-state index in [9.17, 15) is 16.8 Å². The van der Waals surface area contributed by atoms with E-state index in [4.69, 9.17) is 17.3 Å². The van der Waals surface area contributed by atoms with E-state index in [-0.39, 0.29) is 28.5 Å². The van der Waals surface area contributed by atoms with Crippen molar-refractivity contribution in [1.82, 2.24) is 4.72 Å². The van der Waals surface area contributed by atoms with Gasteiger partial charge in [-0.15, -0.1) is 0 Å². The summed E-state index contributed by atoms with van der Waals surface area (Å²) in [5, 5.41) is 0.312. The van der Waals surface area contributed by atoms with Crippen molar-refractivity contribution in [2.75, 3.05) is 17.2 Å². The average molecular weight is 339 g/mol. The molecule has 20 heavy (non-hydrogen) atoms. The van der Waals surface area contributed by atoms with E-state index in [1.54, 1.807) is 6.92 Å². The average Bonchev–Trinajstić information content (AvgIpc) is 2.64. The van der Waals surface area contributed by atoms with Crippen LogP contribution in [0, 0.1) is 6.92 Å². The number of nitrogens with two attached hydrogens (primary N) is 1. The molecule has 1 aliphatic heterocycles. The Labute approximate surface area is 123 Å². The first-order valence-electron chi connectivity index (χ1n) is 5.89. The van der Waals surface area contributed by atoms with Gasteiger partial charge in [0, 0.05) is 6.04 Å². The number of halogens is 1. The molecule has 1 unspecified atom stereocenters. The van der Waals surface area contributed by atoms with Crippen LogP contribution in [0.15, 0.2) is 17.0 Å². The van der Waals surface area contributed by atoms with Gasteiger partial charge in [-0.3, -0.25) is 0 Å². The Morgan fingerprint density at radius 3 is 2.55 bits per heavy atom. The van der Waals surface area contributed by atoms with Crippen LogP contribution in [0.4, 0.5) is 5.69 Å². The normalized spacial score (nSPS) is 22.0. The highest BCUT2D eigenvalue weighted by Crippen LogP contribution is 2.27. The van der Waals surface area contributed by atoms with Crippen molar-refractivity contribution in [1.29, 1.82) is 0 Å². The van der Waals surface area contributed by atoms with Crippen molar-refractivity contribution in [3.05, 3.63) is 22.7 Å². The molecule has 112 valence electrons. The topological polar surface area (TPSA) is 106 Å². The van der Waals surface area contributed by atoms with Gasteiger partial charge >= 0.3 is 0 Å². The molecule has 3 N–H and O–H groups in total. The van der Waals surface area contributed by atoms with Gasteiger partial charge in [-0.25, -0.2) is 21.6 Å². The zero-order chi connectivity index (χ0) is 15.1. The molecule has 0 saturated carbocycles. The SMILES string of the molecule is Cc1cc(S(=O)(=O)NC2CCS(=O)(=O)C2)cc(N)c1Cl. The van der Waals surface area contributed by atoms with E-state index in [1.165, 1.54) is 12.1 Å². The molecule has 1 atom stereocenters. The summed E-state index contributed by atoms with van der Waals surface area (Å²) in [6, 6.07) is 2.08. The number of hydrogen-bond donors (Lipinski definition) is 2. The van der Waals surface area contributed by atoms with Crippen LogP contribution in [-0.4, -0.2) is 34.4 Å². The Kier molecular flexibility index (Phi) is 4.03. The van der Waals surface area contributed by atoms with Gasteiger partial charge in [0.15, 0.2) is 9.84 Å². The monoisotopic (exact) mass is 338 g/mol. The predicted molar refractivity (Wildman–Crippen MR) is 78.0 cm³/mol. The van der Waals surface area contributed by atoms with Crippen LogP contribution < -0.4 is 10.5 Å². The van der Waals surface area contributed by atoms with E-state index in [2.05, 4.69) is 4.72 Å². The van der Waals surface area contributed by atoms with Crippen LogP contribution >= 0.6 is 11.6 Å². The lowest BCUT2D eigenvalue weighted by molar-refractivity contribution is 0.562. The van der Waals surface area contributed by atoms with Crippen molar-refractivity contribution in [2.24, 2.45) is 0 Å². The first kappa shape index (κ1) is 15.6. The summed E-state index contributed by atoms with van der Waals surface area (Å²) in [7, 11) is -6.95. The maximum absolute atomic E-state index is 12.2. The lowest BCUT2D eigenvalue weighted by Gasteiger charge is -2.13. The van der Waals surface area contributed by atoms with Gasteiger partial charge in [0.1, 0.15) is 0 Å². The second-order valence-corrected chi connectivity index (χ2v) is 9.19. The molecular formula is C11H15ClN2O4S2. The fraction of sp³-hybridized carbons (Fsp3) is 0.455. The van der Waals surface area contributed by atoms with Gasteiger partial charge in [-0.2, -0.15) is 0 Å². The molecule has 6 nitrogen and oxygen atoms in total. The summed E-state index contributed by atoms with van der Waals surface area (Å²) >= 11 is 5.89. The van der Waals surface area contributed by atoms with Crippen molar-refractivity contribution in [2.45, 2.75) is 24.3 Å². The van der Waals surface area contributed by atoms with Crippen LogP contribution in [0.5, 0.6) is 0 Å². The summed E-state index contributed by atoms with van der Waals surface area (Å²) in [6.07, 6.45) is 0.281. The number of benzene rings is 1. The first-order chi connectivity index (χ1) is 9.11. The van der Waals surface area contributed by atoms with E-state index >= 15 is 0 Å². The highest BCUT2D eigenvalue weighted by atomic mass is 35.5. The molecule has 0 aliphatic carbocycles. The summed E-state index contributed by atoms with van der Waals surface area (Å²) in [6.45, 7) is 1.65. The molecule has 1 aromatic rings. The van der Waals surface area contributed by atoms with Crippen LogP contribution in [0.1, 0.15) is 12.0 Å². The third-order valence-electron chi connectivity index (χ3n) is 3.12. The predicted octanol–water partition coefficient (Wildman–Crippen LogP) is 0.696. The Morgan fingerprint density at radius 1 is 1.40 bits per heavy atom. The fourth-order valence-electron chi connectivity index (χ4n) is 2.09. The van der Waals surface area contributed by atoms with E-state index in [1.807, 2.05) is 0 Å². The van der Waals surface area contributed by atoms with Crippen molar-refractivity contribution in [3.63, 3.8) is 0 Å². The second kappa shape index (κ2) is 5.18. The Bertz CT molecular complexity index is 721. The summed E-state index contributed by atoms with van der Waals surface area (Å²) < 4.78 is 49.5. The lowest BCUT2D eigenvalue weighted by atomic mass is 10.2. The molecule has 0 radical (unpaired) electrons. The van der Waals surface area contributed by atoms with Gasteiger partial charge in [0.25, 0.3) is 0 Å². The molecule has 1 saturated heterocycles. The Hall–Kier alpha value is -0.830. The number of nitrogen functional groups attached to an aromatic ring is 1. The van der Waals surface area contributed by atoms with Crippen molar-refractivity contribution in [3.8, 4) is 0 Å². The van der Waals surface area contributed by atoms with Crippen molar-refractivity contribution < 1.29 is 16.8 Å². The molecule has 0 amide bonds. The smallest absolute Gasteiger partial charge is 0.240 e. The van der Waals surface area contributed by atoms with Crippen LogP contribution in [0.25, 0.3) is 0 Å². The molecule has 1 fully saturated rings. The molecule has 0 spiro atoms. The lowest BCUT2D eigenvalue weighted by Crippen LogP contribution is -2.35. The van der Waals surface area contributed by atoms with Crippen molar-refractivity contribution >= 4 is 37.1 Å². The van der Waals surface area contributed by atoms with Crippen LogP contribution in [-0.2, 0) is 19.9 Å². The van der Waals surface area contributed by atoms with E-state index < -0.39 is 25.9 Å². The second-order valence-electron chi connectivity index (χ2n) is 4.86.